The van der Waals surface area contributed by atoms with Crippen LogP contribution in [-0.4, -0.2) is 100.0 Å². The molecule has 0 saturated carbocycles. The molecular formula is C41H72Br2Cl2CuN8. The monoisotopic (exact) mass is 967 g/mol. The topological polar surface area (TPSA) is 63.7 Å². The first kappa shape index (κ1) is 55.4. The van der Waals surface area contributed by atoms with Crippen LogP contribution >= 0.6 is 52.1 Å². The van der Waals surface area contributed by atoms with E-state index in [1.807, 2.05) is 18.2 Å². The summed E-state index contributed by atoms with van der Waals surface area (Å²) in [4.78, 5) is 23.4. The number of hydrogen-bond donors (Lipinski definition) is 1. The summed E-state index contributed by atoms with van der Waals surface area (Å²) < 4.78 is 0. The number of nitrogens with one attached hydrogen (secondary N) is 1. The summed E-state index contributed by atoms with van der Waals surface area (Å²) in [5.74, 6) is 0. The predicted octanol–water partition coefficient (Wildman–Crippen LogP) is 10.4. The minimum absolute atomic E-state index is 0.757. The Morgan fingerprint density at radius 3 is 0.815 bits per heavy atom. The Balaban J connectivity index is 0. The first-order chi connectivity index (χ1) is 26.1. The molecule has 0 unspecified atom stereocenters. The van der Waals surface area contributed by atoms with Crippen molar-refractivity contribution in [3.8, 4) is 0 Å². The Labute approximate surface area is 362 Å². The second kappa shape index (κ2) is 39.1. The van der Waals surface area contributed by atoms with E-state index in [2.05, 4.69) is 188 Å². The van der Waals surface area contributed by atoms with Crippen LogP contribution in [0.2, 0.25) is 0 Å². The van der Waals surface area contributed by atoms with E-state index in [1.165, 1.54) is 22.8 Å². The molecular weight excluding hydrogens is 899 g/mol. The van der Waals surface area contributed by atoms with Crippen molar-refractivity contribution in [1.82, 2.24) is 39.9 Å². The van der Waals surface area contributed by atoms with Crippen LogP contribution in [-0.2, 0) is 50.0 Å². The second-order valence-electron chi connectivity index (χ2n) is 12.0. The number of halogens is 4. The molecule has 0 radical (unpaired) electrons. The van der Waals surface area contributed by atoms with Gasteiger partial charge in [-0.25, -0.2) is 0 Å². The molecule has 13 heteroatoms. The zero-order valence-corrected chi connectivity index (χ0v) is 40.6. The number of aromatic nitrogens is 3. The van der Waals surface area contributed by atoms with Crippen molar-refractivity contribution in [2.24, 2.45) is 0 Å². The fraction of sp³-hybridized carbons (Fsp3) is 0.634. The van der Waals surface area contributed by atoms with E-state index < -0.39 is 0 Å². The molecule has 3 aromatic rings. The van der Waals surface area contributed by atoms with Crippen LogP contribution in [0.3, 0.4) is 0 Å². The molecule has 54 heavy (non-hydrogen) atoms. The van der Waals surface area contributed by atoms with Crippen molar-refractivity contribution < 1.29 is 13.1 Å². The molecule has 3 rings (SSSR count). The van der Waals surface area contributed by atoms with Crippen LogP contribution in [0, 0.1) is 0 Å². The van der Waals surface area contributed by atoms with E-state index in [0.717, 1.165) is 127 Å². The van der Waals surface area contributed by atoms with Crippen molar-refractivity contribution in [3.63, 3.8) is 0 Å². The third-order valence-corrected chi connectivity index (χ3v) is 9.64. The van der Waals surface area contributed by atoms with Gasteiger partial charge in [0, 0.05) is 36.8 Å². The fourth-order valence-corrected chi connectivity index (χ4v) is 5.67. The Morgan fingerprint density at radius 1 is 0.444 bits per heavy atom. The maximum absolute atomic E-state index is 4.76. The van der Waals surface area contributed by atoms with Crippen LogP contribution < -0.4 is 5.32 Å². The van der Waals surface area contributed by atoms with Crippen molar-refractivity contribution >= 4 is 52.1 Å². The van der Waals surface area contributed by atoms with E-state index in [4.69, 9.17) is 9.97 Å². The molecule has 0 fully saturated rings. The van der Waals surface area contributed by atoms with Crippen molar-refractivity contribution in [1.29, 1.82) is 0 Å². The van der Waals surface area contributed by atoms with Gasteiger partial charge in [0.25, 0.3) is 0 Å². The molecule has 0 spiro atoms. The molecule has 0 aliphatic carbocycles. The van der Waals surface area contributed by atoms with Gasteiger partial charge in [-0.1, -0.05) is 119 Å². The normalized spacial score (nSPS) is 10.6. The van der Waals surface area contributed by atoms with E-state index in [1.54, 1.807) is 0 Å². The fourth-order valence-electron chi connectivity index (χ4n) is 5.04. The van der Waals surface area contributed by atoms with Crippen LogP contribution in [0.15, 0.2) is 54.6 Å². The van der Waals surface area contributed by atoms with E-state index >= 15 is 0 Å². The molecule has 0 aromatic carbocycles. The molecule has 0 aliphatic heterocycles. The van der Waals surface area contributed by atoms with Crippen LogP contribution in [0.25, 0.3) is 0 Å². The van der Waals surface area contributed by atoms with Crippen molar-refractivity contribution in [3.05, 3.63) is 88.8 Å². The summed E-state index contributed by atoms with van der Waals surface area (Å²) in [6.07, 6.45) is 0. The molecule has 1 N–H and O–H groups in total. The molecule has 0 atom stereocenters. The molecule has 3 heterocycles. The molecule has 0 saturated heterocycles. The first-order valence-electron chi connectivity index (χ1n) is 19.5. The number of pyridine rings is 3. The Morgan fingerprint density at radius 2 is 0.648 bits per heavy atom. The molecule has 0 bridgehead atoms. The summed E-state index contributed by atoms with van der Waals surface area (Å²) >= 11 is 7.44. The Kier molecular flexibility index (Phi) is 40.2. The van der Waals surface area contributed by atoms with Crippen molar-refractivity contribution in [2.75, 3.05) is 65.4 Å². The van der Waals surface area contributed by atoms with Gasteiger partial charge < -0.3 is 5.32 Å². The summed E-state index contributed by atoms with van der Waals surface area (Å²) in [6.45, 7) is 36.5. The minimum atomic E-state index is 0.757. The zero-order chi connectivity index (χ0) is 41.0. The maximum atomic E-state index is 4.76. The average Bonchev–Trinajstić information content (AvgIpc) is 3.21. The van der Waals surface area contributed by atoms with Gasteiger partial charge in [0.1, 0.15) is 0 Å². The molecule has 0 amide bonds. The second-order valence-corrected chi connectivity index (χ2v) is 14.7. The van der Waals surface area contributed by atoms with E-state index in [9.17, 15) is 0 Å². The SMILES string of the molecule is BrCc1cccc(CBr)n1.CCN(CC)Cc1cccc(CN(CC)CC)n1.CCN(CC)Cc1cccc(CN(CC)CC)n1.CCNCC.[Cl][Cu][Cl]. The number of alkyl halides is 2. The Bertz CT molecular complexity index is 1100. The van der Waals surface area contributed by atoms with Gasteiger partial charge in [-0.05, 0) is 102 Å². The van der Waals surface area contributed by atoms with Crippen LogP contribution in [0.5, 0.6) is 0 Å². The van der Waals surface area contributed by atoms with E-state index in [-0.39, 0.29) is 0 Å². The quantitative estimate of drug-likeness (QED) is 0.0888. The van der Waals surface area contributed by atoms with Crippen LogP contribution in [0.1, 0.15) is 103 Å². The molecule has 315 valence electrons. The van der Waals surface area contributed by atoms with Gasteiger partial charge in [0.05, 0.1) is 34.2 Å². The van der Waals surface area contributed by atoms with Crippen molar-refractivity contribution in [2.45, 2.75) is 106 Å². The number of rotatable bonds is 20. The third kappa shape index (κ3) is 28.7. The zero-order valence-electron chi connectivity index (χ0n) is 35.0. The summed E-state index contributed by atoms with van der Waals surface area (Å²) in [7, 11) is 9.34. The predicted molar refractivity (Wildman–Crippen MR) is 240 cm³/mol. The Hall–Kier alpha value is -0.691. The standard InChI is InChI=1S/2C15H27N3.C7H7Br2N.C4H11N.2ClH.Cu/c2*1-5-17(6-2)12-14-10-9-11-15(16-14)13-18(7-3)8-4;8-4-6-2-1-3-7(5-9)10-6;1-3-5-4-2;;;/h2*9-11H,5-8,12-13H2,1-4H3;1-3H,4-5H2;5H,3-4H2,1-2H3;2*1H;/q;;;;;;+2/p-2. The summed E-state index contributed by atoms with van der Waals surface area (Å²) in [5.41, 5.74) is 6.90. The molecule has 0 aliphatic rings. The number of hydrogen-bond acceptors (Lipinski definition) is 8. The summed E-state index contributed by atoms with van der Waals surface area (Å²) in [5, 5.41) is 4.77. The summed E-state index contributed by atoms with van der Waals surface area (Å²) in [6, 6.07) is 18.8. The van der Waals surface area contributed by atoms with Crippen LogP contribution in [0.4, 0.5) is 0 Å². The average molecular weight is 971 g/mol. The number of nitrogens with zero attached hydrogens (tertiary/aromatic N) is 7. The molecule has 3 aromatic heterocycles. The third-order valence-electron chi connectivity index (χ3n) is 8.49. The van der Waals surface area contributed by atoms with Gasteiger partial charge >= 0.3 is 33.3 Å². The van der Waals surface area contributed by atoms with Gasteiger partial charge in [0.15, 0.2) is 0 Å². The van der Waals surface area contributed by atoms with E-state index in [0.29, 0.717) is 0 Å². The first-order valence-corrected chi connectivity index (χ1v) is 24.4. The van der Waals surface area contributed by atoms with Gasteiger partial charge in [-0.15, -0.1) is 0 Å². The van der Waals surface area contributed by atoms with Gasteiger partial charge in [-0.2, -0.15) is 0 Å². The van der Waals surface area contributed by atoms with Gasteiger partial charge in [-0.3, -0.25) is 34.6 Å². The molecule has 8 nitrogen and oxygen atoms in total. The van der Waals surface area contributed by atoms with Gasteiger partial charge in [0.2, 0.25) is 0 Å².